The van der Waals surface area contributed by atoms with Gasteiger partial charge in [-0.25, -0.2) is 14.4 Å². The van der Waals surface area contributed by atoms with Gasteiger partial charge in [0, 0.05) is 29.6 Å². The highest BCUT2D eigenvalue weighted by Crippen LogP contribution is 2.21. The maximum atomic E-state index is 13.6. The number of halogens is 1. The molecule has 3 N–H and O–H groups in total. The van der Waals surface area contributed by atoms with E-state index in [-0.39, 0.29) is 11.9 Å². The number of aromatic nitrogens is 2. The number of hydrogen-bond donors (Lipinski definition) is 2. The van der Waals surface area contributed by atoms with Gasteiger partial charge in [0.2, 0.25) is 5.95 Å². The van der Waals surface area contributed by atoms with Gasteiger partial charge in [-0.3, -0.25) is 0 Å². The molecule has 2 aromatic rings. The Hall–Kier alpha value is -2.01. The highest BCUT2D eigenvalue weighted by molar-refractivity contribution is 5.62. The summed E-state index contributed by atoms with van der Waals surface area (Å²) in [5, 5.41) is 3.14. The predicted octanol–water partition coefficient (Wildman–Crippen LogP) is 2.43. The number of benzene rings is 1. The minimum atomic E-state index is -0.275. The van der Waals surface area contributed by atoms with E-state index in [1.54, 1.807) is 30.6 Å². The Morgan fingerprint density at radius 2 is 1.95 bits per heavy atom. The molecule has 0 aliphatic carbocycles. The molecular formula is C14H17FN4. The fraction of sp³-hybridized carbons (Fsp3) is 0.286. The lowest BCUT2D eigenvalue weighted by molar-refractivity contribution is 0.631. The number of hydrogen-bond acceptors (Lipinski definition) is 4. The zero-order valence-corrected chi connectivity index (χ0v) is 10.8. The molecular weight excluding hydrogens is 243 g/mol. The van der Waals surface area contributed by atoms with Crippen molar-refractivity contribution in [1.29, 1.82) is 0 Å². The highest BCUT2D eigenvalue weighted by Gasteiger charge is 2.06. The monoisotopic (exact) mass is 260 g/mol. The number of rotatable bonds is 5. The Kier molecular flexibility index (Phi) is 4.41. The van der Waals surface area contributed by atoms with Crippen LogP contribution in [0.1, 0.15) is 13.3 Å². The van der Waals surface area contributed by atoms with E-state index >= 15 is 0 Å². The summed E-state index contributed by atoms with van der Waals surface area (Å²) < 4.78 is 13.6. The van der Waals surface area contributed by atoms with Crippen LogP contribution >= 0.6 is 0 Å². The molecule has 1 aromatic heterocycles. The molecule has 0 spiro atoms. The van der Waals surface area contributed by atoms with Gasteiger partial charge in [0.05, 0.1) is 0 Å². The van der Waals surface area contributed by atoms with Gasteiger partial charge in [0.25, 0.3) is 0 Å². The lowest BCUT2D eigenvalue weighted by atomic mass is 10.1. The second-order valence-electron chi connectivity index (χ2n) is 4.40. The van der Waals surface area contributed by atoms with Gasteiger partial charge in [-0.15, -0.1) is 0 Å². The predicted molar refractivity (Wildman–Crippen MR) is 74.2 cm³/mol. The SMILES string of the molecule is CC(CCN)Nc1ncc(-c2ccccc2F)cn1. The van der Waals surface area contributed by atoms with E-state index in [0.29, 0.717) is 23.6 Å². The molecule has 100 valence electrons. The molecule has 4 nitrogen and oxygen atoms in total. The third-order valence-electron chi connectivity index (χ3n) is 2.81. The summed E-state index contributed by atoms with van der Waals surface area (Å²) >= 11 is 0. The van der Waals surface area contributed by atoms with Gasteiger partial charge in [-0.2, -0.15) is 0 Å². The third kappa shape index (κ3) is 3.48. The Bertz CT molecular complexity index is 527. The first-order valence-corrected chi connectivity index (χ1v) is 6.24. The second-order valence-corrected chi connectivity index (χ2v) is 4.40. The van der Waals surface area contributed by atoms with Crippen LogP contribution in [-0.4, -0.2) is 22.6 Å². The first kappa shape index (κ1) is 13.4. The van der Waals surface area contributed by atoms with E-state index in [2.05, 4.69) is 15.3 Å². The lowest BCUT2D eigenvalue weighted by Gasteiger charge is -2.12. The van der Waals surface area contributed by atoms with E-state index < -0.39 is 0 Å². The maximum absolute atomic E-state index is 13.6. The van der Waals surface area contributed by atoms with E-state index in [1.165, 1.54) is 6.07 Å². The molecule has 0 radical (unpaired) electrons. The number of anilines is 1. The third-order valence-corrected chi connectivity index (χ3v) is 2.81. The largest absolute Gasteiger partial charge is 0.352 e. The molecule has 2 rings (SSSR count). The summed E-state index contributed by atoms with van der Waals surface area (Å²) in [6.07, 6.45) is 4.07. The topological polar surface area (TPSA) is 63.8 Å². The Morgan fingerprint density at radius 1 is 1.26 bits per heavy atom. The van der Waals surface area contributed by atoms with Crippen molar-refractivity contribution in [2.75, 3.05) is 11.9 Å². The smallest absolute Gasteiger partial charge is 0.222 e. The van der Waals surface area contributed by atoms with Crippen LogP contribution in [0.4, 0.5) is 10.3 Å². The molecule has 19 heavy (non-hydrogen) atoms. The van der Waals surface area contributed by atoms with Gasteiger partial charge in [0.1, 0.15) is 5.82 Å². The van der Waals surface area contributed by atoms with Crippen molar-refractivity contribution in [3.8, 4) is 11.1 Å². The van der Waals surface area contributed by atoms with Crippen LogP contribution < -0.4 is 11.1 Å². The molecule has 0 saturated heterocycles. The fourth-order valence-corrected chi connectivity index (χ4v) is 1.78. The summed E-state index contributed by atoms with van der Waals surface area (Å²) in [6.45, 7) is 2.63. The number of nitrogens with one attached hydrogen (secondary N) is 1. The molecule has 0 amide bonds. The average molecular weight is 260 g/mol. The van der Waals surface area contributed by atoms with E-state index in [4.69, 9.17) is 5.73 Å². The average Bonchev–Trinajstić information content (AvgIpc) is 2.41. The Morgan fingerprint density at radius 3 is 2.58 bits per heavy atom. The first-order chi connectivity index (χ1) is 9.20. The van der Waals surface area contributed by atoms with Gasteiger partial charge in [-0.1, -0.05) is 18.2 Å². The second kappa shape index (κ2) is 6.24. The van der Waals surface area contributed by atoms with Crippen LogP contribution in [0.15, 0.2) is 36.7 Å². The van der Waals surface area contributed by atoms with Gasteiger partial charge >= 0.3 is 0 Å². The summed E-state index contributed by atoms with van der Waals surface area (Å²) in [5.74, 6) is 0.254. The van der Waals surface area contributed by atoms with Crippen molar-refractivity contribution in [1.82, 2.24) is 9.97 Å². The molecule has 1 aromatic carbocycles. The van der Waals surface area contributed by atoms with E-state index in [0.717, 1.165) is 6.42 Å². The minimum absolute atomic E-state index is 0.212. The Balaban J connectivity index is 2.13. The molecule has 0 aliphatic rings. The van der Waals surface area contributed by atoms with Crippen molar-refractivity contribution in [3.63, 3.8) is 0 Å². The molecule has 0 fully saturated rings. The molecule has 1 atom stereocenters. The molecule has 1 heterocycles. The molecule has 1 unspecified atom stereocenters. The van der Waals surface area contributed by atoms with Crippen molar-refractivity contribution >= 4 is 5.95 Å². The molecule has 0 aliphatic heterocycles. The van der Waals surface area contributed by atoms with Crippen LogP contribution in [0.5, 0.6) is 0 Å². The van der Waals surface area contributed by atoms with Crippen LogP contribution in [0, 0.1) is 5.82 Å². The summed E-state index contributed by atoms with van der Waals surface area (Å²) in [4.78, 5) is 8.38. The fourth-order valence-electron chi connectivity index (χ4n) is 1.78. The molecule has 5 heteroatoms. The Labute approximate surface area is 111 Å². The van der Waals surface area contributed by atoms with Crippen LogP contribution in [-0.2, 0) is 0 Å². The quantitative estimate of drug-likeness (QED) is 0.866. The lowest BCUT2D eigenvalue weighted by Crippen LogP contribution is -2.20. The van der Waals surface area contributed by atoms with Crippen LogP contribution in [0.25, 0.3) is 11.1 Å². The first-order valence-electron chi connectivity index (χ1n) is 6.24. The molecule has 0 saturated carbocycles. The zero-order chi connectivity index (χ0) is 13.7. The zero-order valence-electron chi connectivity index (χ0n) is 10.8. The normalized spacial score (nSPS) is 12.2. The van der Waals surface area contributed by atoms with Gasteiger partial charge < -0.3 is 11.1 Å². The summed E-state index contributed by atoms with van der Waals surface area (Å²) in [6, 6.07) is 6.78. The van der Waals surface area contributed by atoms with Crippen molar-refractivity contribution in [2.45, 2.75) is 19.4 Å². The minimum Gasteiger partial charge on any atom is -0.352 e. The van der Waals surface area contributed by atoms with E-state index in [1.807, 2.05) is 6.92 Å². The standard InChI is InChI=1S/C14H17FN4/c1-10(6-7-16)19-14-17-8-11(9-18-14)12-4-2-3-5-13(12)15/h2-5,8-10H,6-7,16H2,1H3,(H,17,18,19). The van der Waals surface area contributed by atoms with Gasteiger partial charge in [0.15, 0.2) is 0 Å². The number of nitrogens with zero attached hydrogens (tertiary/aromatic N) is 2. The van der Waals surface area contributed by atoms with E-state index in [9.17, 15) is 4.39 Å². The summed E-state index contributed by atoms with van der Waals surface area (Å²) in [5.41, 5.74) is 6.64. The number of nitrogens with two attached hydrogens (primary N) is 1. The highest BCUT2D eigenvalue weighted by atomic mass is 19.1. The maximum Gasteiger partial charge on any atom is 0.222 e. The van der Waals surface area contributed by atoms with Crippen molar-refractivity contribution in [3.05, 3.63) is 42.5 Å². The van der Waals surface area contributed by atoms with Crippen LogP contribution in [0.3, 0.4) is 0 Å². The van der Waals surface area contributed by atoms with Crippen molar-refractivity contribution < 1.29 is 4.39 Å². The molecule has 0 bridgehead atoms. The van der Waals surface area contributed by atoms with Gasteiger partial charge in [-0.05, 0) is 26.0 Å². The summed E-state index contributed by atoms with van der Waals surface area (Å²) in [7, 11) is 0. The van der Waals surface area contributed by atoms with Crippen molar-refractivity contribution in [2.24, 2.45) is 5.73 Å². The van der Waals surface area contributed by atoms with Crippen LogP contribution in [0.2, 0.25) is 0 Å².